The summed E-state index contributed by atoms with van der Waals surface area (Å²) in [5.41, 5.74) is 1.67. The van der Waals surface area contributed by atoms with Crippen molar-refractivity contribution in [3.05, 3.63) is 35.9 Å². The number of carbonyl (C=O) groups excluding carboxylic acids is 1. The van der Waals surface area contributed by atoms with E-state index in [1.807, 2.05) is 37.4 Å². The molecule has 0 aliphatic carbocycles. The number of hydrogen-bond acceptors (Lipinski definition) is 3. The van der Waals surface area contributed by atoms with Crippen LogP contribution in [-0.2, 0) is 0 Å². The SMILES string of the molecule is CC(N(C)c1nc2ccccc2cc1C=O)C(C)(C)C. The van der Waals surface area contributed by atoms with Crippen LogP contribution in [0, 0.1) is 5.41 Å². The van der Waals surface area contributed by atoms with E-state index < -0.39 is 0 Å². The van der Waals surface area contributed by atoms with E-state index in [0.29, 0.717) is 5.56 Å². The fourth-order valence-corrected chi connectivity index (χ4v) is 2.26. The summed E-state index contributed by atoms with van der Waals surface area (Å²) in [4.78, 5) is 18.1. The van der Waals surface area contributed by atoms with E-state index in [4.69, 9.17) is 0 Å². The van der Waals surface area contributed by atoms with E-state index in [1.165, 1.54) is 0 Å². The first-order chi connectivity index (χ1) is 9.34. The second-order valence-electron chi connectivity index (χ2n) is 6.36. The summed E-state index contributed by atoms with van der Waals surface area (Å²) in [5, 5.41) is 0.996. The molecule has 1 unspecified atom stereocenters. The molecular formula is C17H22N2O. The highest BCUT2D eigenvalue weighted by atomic mass is 16.1. The number of para-hydroxylation sites is 1. The molecule has 3 nitrogen and oxygen atoms in total. The van der Waals surface area contributed by atoms with Crippen LogP contribution in [-0.4, -0.2) is 24.4 Å². The largest absolute Gasteiger partial charge is 0.356 e. The number of benzene rings is 1. The number of pyridine rings is 1. The number of aromatic nitrogens is 1. The maximum atomic E-state index is 11.4. The summed E-state index contributed by atoms with van der Waals surface area (Å²) >= 11 is 0. The smallest absolute Gasteiger partial charge is 0.153 e. The summed E-state index contributed by atoms with van der Waals surface area (Å²) in [5.74, 6) is 0.751. The lowest BCUT2D eigenvalue weighted by Gasteiger charge is -2.36. The van der Waals surface area contributed by atoms with E-state index in [0.717, 1.165) is 23.0 Å². The van der Waals surface area contributed by atoms with Gasteiger partial charge in [-0.05, 0) is 24.5 Å². The van der Waals surface area contributed by atoms with Crippen molar-refractivity contribution < 1.29 is 4.79 Å². The number of fused-ring (bicyclic) bond motifs is 1. The van der Waals surface area contributed by atoms with Crippen molar-refractivity contribution in [3.8, 4) is 0 Å². The summed E-state index contributed by atoms with van der Waals surface area (Å²) in [6.45, 7) is 8.73. The molecule has 1 aromatic carbocycles. The van der Waals surface area contributed by atoms with Gasteiger partial charge in [-0.1, -0.05) is 39.0 Å². The Morgan fingerprint density at radius 2 is 1.90 bits per heavy atom. The third-order valence-corrected chi connectivity index (χ3v) is 4.03. The molecule has 0 fully saturated rings. The first-order valence-electron chi connectivity index (χ1n) is 6.92. The topological polar surface area (TPSA) is 33.2 Å². The van der Waals surface area contributed by atoms with Crippen molar-refractivity contribution in [2.45, 2.75) is 33.7 Å². The molecule has 2 aromatic rings. The fraction of sp³-hybridized carbons (Fsp3) is 0.412. The number of aldehydes is 1. The highest BCUT2D eigenvalue weighted by Gasteiger charge is 2.26. The maximum Gasteiger partial charge on any atom is 0.153 e. The zero-order valence-electron chi connectivity index (χ0n) is 12.8. The second kappa shape index (κ2) is 5.23. The Hall–Kier alpha value is -1.90. The number of anilines is 1. The van der Waals surface area contributed by atoms with Gasteiger partial charge in [0.25, 0.3) is 0 Å². The minimum Gasteiger partial charge on any atom is -0.356 e. The maximum absolute atomic E-state index is 11.4. The molecule has 0 bridgehead atoms. The van der Waals surface area contributed by atoms with Gasteiger partial charge in [-0.25, -0.2) is 4.98 Å². The van der Waals surface area contributed by atoms with Gasteiger partial charge >= 0.3 is 0 Å². The first-order valence-corrected chi connectivity index (χ1v) is 6.92. The Morgan fingerprint density at radius 1 is 1.25 bits per heavy atom. The molecule has 0 radical (unpaired) electrons. The number of nitrogens with zero attached hydrogens (tertiary/aromatic N) is 2. The second-order valence-corrected chi connectivity index (χ2v) is 6.36. The van der Waals surface area contributed by atoms with E-state index in [2.05, 4.69) is 37.6 Å². The van der Waals surface area contributed by atoms with E-state index in [1.54, 1.807) is 0 Å². The third-order valence-electron chi connectivity index (χ3n) is 4.03. The Bertz CT molecular complexity index is 628. The van der Waals surface area contributed by atoms with Gasteiger partial charge in [0.15, 0.2) is 6.29 Å². The zero-order chi connectivity index (χ0) is 14.9. The van der Waals surface area contributed by atoms with Gasteiger partial charge in [0, 0.05) is 18.5 Å². The number of carbonyl (C=O) groups is 1. The predicted octanol–water partition coefficient (Wildman–Crippen LogP) is 3.92. The van der Waals surface area contributed by atoms with Crippen molar-refractivity contribution in [1.29, 1.82) is 0 Å². The lowest BCUT2D eigenvalue weighted by molar-refractivity contribution is 0.112. The van der Waals surface area contributed by atoms with Crippen LogP contribution >= 0.6 is 0 Å². The summed E-state index contributed by atoms with van der Waals surface area (Å²) in [7, 11) is 2.00. The Balaban J connectivity index is 2.55. The Kier molecular flexibility index (Phi) is 3.80. The van der Waals surface area contributed by atoms with Gasteiger partial charge in [0.05, 0.1) is 11.1 Å². The fourth-order valence-electron chi connectivity index (χ4n) is 2.26. The van der Waals surface area contributed by atoms with Crippen LogP contribution in [0.5, 0.6) is 0 Å². The van der Waals surface area contributed by atoms with Crippen molar-refractivity contribution in [2.75, 3.05) is 11.9 Å². The summed E-state index contributed by atoms with van der Waals surface area (Å²) in [6.07, 6.45) is 0.890. The van der Waals surface area contributed by atoms with E-state index >= 15 is 0 Å². The van der Waals surface area contributed by atoms with E-state index in [-0.39, 0.29) is 11.5 Å². The molecule has 1 atom stereocenters. The van der Waals surface area contributed by atoms with Gasteiger partial charge in [-0.15, -0.1) is 0 Å². The first kappa shape index (κ1) is 14.5. The highest BCUT2D eigenvalue weighted by Crippen LogP contribution is 2.29. The lowest BCUT2D eigenvalue weighted by Crippen LogP contribution is -2.40. The minimum atomic E-state index is 0.113. The number of hydrogen-bond donors (Lipinski definition) is 0. The Labute approximate surface area is 120 Å². The molecule has 0 saturated carbocycles. The monoisotopic (exact) mass is 270 g/mol. The van der Waals surface area contributed by atoms with Gasteiger partial charge in [0.1, 0.15) is 5.82 Å². The normalized spacial score (nSPS) is 13.2. The molecule has 0 amide bonds. The van der Waals surface area contributed by atoms with Crippen LogP contribution in [0.2, 0.25) is 0 Å². The summed E-state index contributed by atoms with van der Waals surface area (Å²) in [6, 6.07) is 10.1. The Morgan fingerprint density at radius 3 is 2.50 bits per heavy atom. The van der Waals surface area contributed by atoms with Crippen LogP contribution in [0.1, 0.15) is 38.1 Å². The molecule has 1 heterocycles. The van der Waals surface area contributed by atoms with Crippen LogP contribution in [0.25, 0.3) is 10.9 Å². The van der Waals surface area contributed by atoms with Crippen LogP contribution in [0.15, 0.2) is 30.3 Å². The molecule has 1 aromatic heterocycles. The van der Waals surface area contributed by atoms with Crippen molar-refractivity contribution in [2.24, 2.45) is 5.41 Å². The molecule has 3 heteroatoms. The van der Waals surface area contributed by atoms with Crippen molar-refractivity contribution >= 4 is 23.0 Å². The van der Waals surface area contributed by atoms with E-state index in [9.17, 15) is 4.79 Å². The molecule has 20 heavy (non-hydrogen) atoms. The zero-order valence-corrected chi connectivity index (χ0v) is 12.8. The predicted molar refractivity (Wildman–Crippen MR) is 84.5 cm³/mol. The minimum absolute atomic E-state index is 0.113. The van der Waals surface area contributed by atoms with Crippen molar-refractivity contribution in [3.63, 3.8) is 0 Å². The lowest BCUT2D eigenvalue weighted by atomic mass is 9.87. The third kappa shape index (κ3) is 2.67. The molecule has 2 rings (SSSR count). The average Bonchev–Trinajstić information content (AvgIpc) is 2.43. The summed E-state index contributed by atoms with van der Waals surface area (Å²) < 4.78 is 0. The van der Waals surface area contributed by atoms with Crippen LogP contribution < -0.4 is 4.90 Å². The van der Waals surface area contributed by atoms with Gasteiger partial charge in [0.2, 0.25) is 0 Å². The van der Waals surface area contributed by atoms with Crippen LogP contribution in [0.4, 0.5) is 5.82 Å². The van der Waals surface area contributed by atoms with Gasteiger partial charge in [-0.2, -0.15) is 0 Å². The molecule has 0 N–H and O–H groups in total. The van der Waals surface area contributed by atoms with Gasteiger partial charge < -0.3 is 4.90 Å². The van der Waals surface area contributed by atoms with Gasteiger partial charge in [-0.3, -0.25) is 4.79 Å². The molecule has 0 aliphatic rings. The quantitative estimate of drug-likeness (QED) is 0.793. The van der Waals surface area contributed by atoms with Crippen LogP contribution in [0.3, 0.4) is 0 Å². The highest BCUT2D eigenvalue weighted by molar-refractivity contribution is 5.91. The molecule has 0 saturated heterocycles. The molecular weight excluding hydrogens is 248 g/mol. The molecule has 0 spiro atoms. The van der Waals surface area contributed by atoms with Crippen molar-refractivity contribution in [1.82, 2.24) is 4.98 Å². The molecule has 0 aliphatic heterocycles. The number of rotatable bonds is 3. The average molecular weight is 270 g/mol. The standard InChI is InChI=1S/C17H22N2O/c1-12(17(2,3)4)19(5)16-14(11-20)10-13-8-6-7-9-15(13)18-16/h6-12H,1-5H3. The molecule has 106 valence electrons.